The van der Waals surface area contributed by atoms with Crippen LogP contribution in [0.4, 0.5) is 5.00 Å². The van der Waals surface area contributed by atoms with Gasteiger partial charge in [0.25, 0.3) is 11.8 Å². The summed E-state index contributed by atoms with van der Waals surface area (Å²) < 4.78 is 4.95. The predicted octanol–water partition coefficient (Wildman–Crippen LogP) is 2.03. The van der Waals surface area contributed by atoms with Gasteiger partial charge in [0.05, 0.1) is 11.3 Å². The molecule has 8 nitrogen and oxygen atoms in total. The van der Waals surface area contributed by atoms with E-state index in [9.17, 15) is 14.4 Å². The SMILES string of the molecule is NC(=O)c1ccsc1NC(=O)COC(=O)c1cc(-c2ccccc2)n[nH]1. The minimum Gasteiger partial charge on any atom is -0.451 e. The number of primary amides is 1. The summed E-state index contributed by atoms with van der Waals surface area (Å²) in [6, 6.07) is 12.4. The first kappa shape index (κ1) is 17.4. The fourth-order valence-corrected chi connectivity index (χ4v) is 2.96. The minimum atomic E-state index is -0.712. The first-order chi connectivity index (χ1) is 12.5. The number of anilines is 1. The molecule has 26 heavy (non-hydrogen) atoms. The number of aromatic nitrogens is 2. The van der Waals surface area contributed by atoms with Gasteiger partial charge in [-0.25, -0.2) is 4.79 Å². The number of thiophene rings is 1. The van der Waals surface area contributed by atoms with Gasteiger partial charge in [-0.1, -0.05) is 30.3 Å². The summed E-state index contributed by atoms with van der Waals surface area (Å²) in [5.41, 5.74) is 6.97. The van der Waals surface area contributed by atoms with E-state index in [1.54, 1.807) is 11.4 Å². The first-order valence-corrected chi connectivity index (χ1v) is 8.37. The van der Waals surface area contributed by atoms with Crippen molar-refractivity contribution in [2.45, 2.75) is 0 Å². The Morgan fingerprint density at radius 2 is 1.96 bits per heavy atom. The molecule has 0 saturated heterocycles. The van der Waals surface area contributed by atoms with E-state index in [2.05, 4.69) is 15.5 Å². The maximum Gasteiger partial charge on any atom is 0.356 e. The number of nitrogens with one attached hydrogen (secondary N) is 2. The Labute approximate surface area is 152 Å². The standard InChI is InChI=1S/C17H14N4O4S/c18-15(23)11-6-7-26-16(11)19-14(22)9-25-17(24)13-8-12(20-21-13)10-4-2-1-3-5-10/h1-8H,9H2,(H2,18,23)(H,19,22)(H,20,21). The zero-order chi connectivity index (χ0) is 18.5. The lowest BCUT2D eigenvalue weighted by molar-refractivity contribution is -0.119. The third-order valence-electron chi connectivity index (χ3n) is 3.39. The van der Waals surface area contributed by atoms with Gasteiger partial charge in [-0.15, -0.1) is 11.3 Å². The Morgan fingerprint density at radius 1 is 1.19 bits per heavy atom. The molecule has 0 unspecified atom stereocenters. The fourth-order valence-electron chi connectivity index (χ4n) is 2.15. The van der Waals surface area contributed by atoms with Crippen LogP contribution in [0.3, 0.4) is 0 Å². The van der Waals surface area contributed by atoms with Crippen molar-refractivity contribution in [2.24, 2.45) is 5.73 Å². The number of hydrogen-bond donors (Lipinski definition) is 3. The maximum absolute atomic E-state index is 12.0. The molecular formula is C17H14N4O4S. The van der Waals surface area contributed by atoms with Crippen LogP contribution in [0.5, 0.6) is 0 Å². The highest BCUT2D eigenvalue weighted by Gasteiger charge is 2.16. The second kappa shape index (κ2) is 7.62. The number of carbonyl (C=O) groups excluding carboxylic acids is 3. The number of nitrogens with two attached hydrogens (primary N) is 1. The van der Waals surface area contributed by atoms with Crippen LogP contribution in [0.1, 0.15) is 20.8 Å². The second-order valence-electron chi connectivity index (χ2n) is 5.18. The van der Waals surface area contributed by atoms with Crippen LogP contribution >= 0.6 is 11.3 Å². The molecule has 2 amide bonds. The summed E-state index contributed by atoms with van der Waals surface area (Å²) in [6.07, 6.45) is 0. The zero-order valence-corrected chi connectivity index (χ0v) is 14.2. The topological polar surface area (TPSA) is 127 Å². The van der Waals surface area contributed by atoms with E-state index >= 15 is 0 Å². The van der Waals surface area contributed by atoms with Crippen LogP contribution in [-0.2, 0) is 9.53 Å². The summed E-state index contributed by atoms with van der Waals surface area (Å²) in [6.45, 7) is -0.505. The van der Waals surface area contributed by atoms with Crippen molar-refractivity contribution in [1.29, 1.82) is 0 Å². The van der Waals surface area contributed by atoms with Crippen molar-refractivity contribution < 1.29 is 19.1 Å². The molecule has 0 saturated carbocycles. The predicted molar refractivity (Wildman–Crippen MR) is 95.8 cm³/mol. The number of aromatic amines is 1. The van der Waals surface area contributed by atoms with E-state index < -0.39 is 24.4 Å². The number of rotatable bonds is 6. The number of nitrogens with zero attached hydrogens (tertiary/aromatic N) is 1. The van der Waals surface area contributed by atoms with Crippen LogP contribution < -0.4 is 11.1 Å². The largest absolute Gasteiger partial charge is 0.451 e. The van der Waals surface area contributed by atoms with Crippen LogP contribution in [0.15, 0.2) is 47.8 Å². The third-order valence-corrected chi connectivity index (χ3v) is 4.22. The molecule has 0 atom stereocenters. The molecule has 2 heterocycles. The number of carbonyl (C=O) groups is 3. The van der Waals surface area contributed by atoms with Crippen LogP contribution in [0.25, 0.3) is 11.3 Å². The summed E-state index contributed by atoms with van der Waals surface area (Å²) in [5, 5.41) is 11.1. The Kier molecular flexibility index (Phi) is 5.09. The average molecular weight is 370 g/mol. The highest BCUT2D eigenvalue weighted by Crippen LogP contribution is 2.22. The van der Waals surface area contributed by atoms with Crippen molar-refractivity contribution >= 4 is 34.1 Å². The van der Waals surface area contributed by atoms with Gasteiger partial charge in [0, 0.05) is 5.56 Å². The summed E-state index contributed by atoms with van der Waals surface area (Å²) in [7, 11) is 0. The van der Waals surface area contributed by atoms with Crippen LogP contribution in [0, 0.1) is 0 Å². The van der Waals surface area contributed by atoms with E-state index in [0.717, 1.165) is 16.9 Å². The van der Waals surface area contributed by atoms with E-state index in [1.165, 1.54) is 6.07 Å². The lowest BCUT2D eigenvalue weighted by atomic mass is 10.1. The number of benzene rings is 1. The molecule has 4 N–H and O–H groups in total. The van der Waals surface area contributed by atoms with Crippen molar-refractivity contribution in [3.63, 3.8) is 0 Å². The smallest absolute Gasteiger partial charge is 0.356 e. The molecule has 0 radical (unpaired) electrons. The highest BCUT2D eigenvalue weighted by atomic mass is 32.1. The Hall–Kier alpha value is -3.46. The molecule has 0 aliphatic carbocycles. The Bertz CT molecular complexity index is 949. The van der Waals surface area contributed by atoms with E-state index in [1.807, 2.05) is 30.3 Å². The van der Waals surface area contributed by atoms with Gasteiger partial charge in [-0.05, 0) is 17.5 Å². The monoisotopic (exact) mass is 370 g/mol. The van der Waals surface area contributed by atoms with Crippen LogP contribution in [-0.4, -0.2) is 34.6 Å². The zero-order valence-electron chi connectivity index (χ0n) is 13.4. The van der Waals surface area contributed by atoms with Gasteiger partial charge in [0.2, 0.25) is 0 Å². The summed E-state index contributed by atoms with van der Waals surface area (Å²) in [4.78, 5) is 35.1. The fraction of sp³-hybridized carbons (Fsp3) is 0.0588. The number of esters is 1. The molecule has 0 aliphatic rings. The lowest BCUT2D eigenvalue weighted by Crippen LogP contribution is -2.22. The molecule has 3 aromatic rings. The lowest BCUT2D eigenvalue weighted by Gasteiger charge is -2.05. The Morgan fingerprint density at radius 3 is 2.69 bits per heavy atom. The van der Waals surface area contributed by atoms with E-state index in [0.29, 0.717) is 10.7 Å². The van der Waals surface area contributed by atoms with Gasteiger partial charge in [0.15, 0.2) is 6.61 Å². The van der Waals surface area contributed by atoms with Gasteiger partial charge >= 0.3 is 5.97 Å². The average Bonchev–Trinajstić information content (AvgIpc) is 3.30. The molecule has 0 aliphatic heterocycles. The van der Waals surface area contributed by atoms with Gasteiger partial charge in [-0.2, -0.15) is 5.10 Å². The number of hydrogen-bond acceptors (Lipinski definition) is 6. The Balaban J connectivity index is 1.57. The molecule has 9 heteroatoms. The quantitative estimate of drug-likeness (QED) is 0.572. The first-order valence-electron chi connectivity index (χ1n) is 7.49. The van der Waals surface area contributed by atoms with Crippen molar-refractivity contribution in [1.82, 2.24) is 10.2 Å². The maximum atomic E-state index is 12.0. The van der Waals surface area contributed by atoms with Gasteiger partial charge in [-0.3, -0.25) is 14.7 Å². The minimum absolute atomic E-state index is 0.130. The number of ether oxygens (including phenoxy) is 1. The molecule has 0 spiro atoms. The number of H-pyrrole nitrogens is 1. The normalized spacial score (nSPS) is 10.3. The molecule has 1 aromatic carbocycles. The summed E-state index contributed by atoms with van der Waals surface area (Å²) >= 11 is 1.15. The van der Waals surface area contributed by atoms with E-state index in [4.69, 9.17) is 10.5 Å². The molecular weight excluding hydrogens is 356 g/mol. The third kappa shape index (κ3) is 3.95. The molecule has 0 fully saturated rings. The van der Waals surface area contributed by atoms with Gasteiger partial charge < -0.3 is 15.8 Å². The summed E-state index contributed by atoms with van der Waals surface area (Å²) in [5.74, 6) is -1.94. The number of amides is 2. The van der Waals surface area contributed by atoms with Crippen LogP contribution in [0.2, 0.25) is 0 Å². The highest BCUT2D eigenvalue weighted by molar-refractivity contribution is 7.14. The molecule has 3 rings (SSSR count). The van der Waals surface area contributed by atoms with Crippen molar-refractivity contribution in [3.8, 4) is 11.3 Å². The second-order valence-corrected chi connectivity index (χ2v) is 6.10. The van der Waals surface area contributed by atoms with Gasteiger partial charge in [0.1, 0.15) is 10.7 Å². The van der Waals surface area contributed by atoms with Crippen molar-refractivity contribution in [2.75, 3.05) is 11.9 Å². The van der Waals surface area contributed by atoms with Crippen molar-refractivity contribution in [3.05, 3.63) is 59.1 Å². The van der Waals surface area contributed by atoms with E-state index in [-0.39, 0.29) is 11.3 Å². The molecule has 0 bridgehead atoms. The molecule has 132 valence electrons. The molecule has 2 aromatic heterocycles.